The molecular formula is C16H25NO2S. The maximum atomic E-state index is 6.24. The lowest BCUT2D eigenvalue weighted by Crippen LogP contribution is -2.38. The van der Waals surface area contributed by atoms with Crippen molar-refractivity contribution in [3.8, 4) is 5.75 Å². The molecule has 0 amide bonds. The first-order chi connectivity index (χ1) is 9.57. The minimum absolute atomic E-state index is 0.214. The average molecular weight is 295 g/mol. The van der Waals surface area contributed by atoms with Gasteiger partial charge < -0.3 is 14.4 Å². The van der Waals surface area contributed by atoms with Crippen molar-refractivity contribution in [2.45, 2.75) is 30.7 Å². The first-order valence-electron chi connectivity index (χ1n) is 7.16. The summed E-state index contributed by atoms with van der Waals surface area (Å²) < 4.78 is 11.5. The van der Waals surface area contributed by atoms with E-state index in [2.05, 4.69) is 38.1 Å². The monoisotopic (exact) mass is 295 g/mol. The lowest BCUT2D eigenvalue weighted by Gasteiger charge is -2.40. The van der Waals surface area contributed by atoms with Gasteiger partial charge in [0.25, 0.3) is 0 Å². The maximum absolute atomic E-state index is 6.24. The summed E-state index contributed by atoms with van der Waals surface area (Å²) >= 11 is 1.93. The Hall–Kier alpha value is -0.710. The largest absolute Gasteiger partial charge is 0.497 e. The topological polar surface area (TPSA) is 21.7 Å². The lowest BCUT2D eigenvalue weighted by atomic mass is 10.0. The molecule has 0 spiro atoms. The fourth-order valence-electron chi connectivity index (χ4n) is 2.39. The molecule has 20 heavy (non-hydrogen) atoms. The van der Waals surface area contributed by atoms with Crippen LogP contribution in [0.15, 0.2) is 24.3 Å². The van der Waals surface area contributed by atoms with Gasteiger partial charge in [0.1, 0.15) is 10.7 Å². The molecule has 0 aromatic heterocycles. The van der Waals surface area contributed by atoms with Crippen LogP contribution >= 0.6 is 11.8 Å². The molecule has 1 heterocycles. The Kier molecular flexibility index (Phi) is 5.35. The molecule has 1 aromatic carbocycles. The van der Waals surface area contributed by atoms with E-state index < -0.39 is 0 Å². The van der Waals surface area contributed by atoms with E-state index in [9.17, 15) is 0 Å². The lowest BCUT2D eigenvalue weighted by molar-refractivity contribution is -0.00332. The van der Waals surface area contributed by atoms with Crippen LogP contribution in [-0.2, 0) is 9.67 Å². The molecule has 0 radical (unpaired) electrons. The normalized spacial score (nSPS) is 24.6. The number of ether oxygens (including phenoxy) is 2. The molecular weight excluding hydrogens is 270 g/mol. The van der Waals surface area contributed by atoms with Gasteiger partial charge >= 0.3 is 0 Å². The summed E-state index contributed by atoms with van der Waals surface area (Å²) in [5.41, 5.74) is 1.25. The second-order valence-electron chi connectivity index (χ2n) is 5.55. The molecule has 2 unspecified atom stereocenters. The highest BCUT2D eigenvalue weighted by Crippen LogP contribution is 2.45. The smallest absolute Gasteiger partial charge is 0.140 e. The third kappa shape index (κ3) is 3.48. The van der Waals surface area contributed by atoms with Gasteiger partial charge in [-0.05, 0) is 50.9 Å². The molecule has 0 saturated carbocycles. The zero-order chi connectivity index (χ0) is 14.6. The second-order valence-corrected chi connectivity index (χ2v) is 6.91. The molecule has 3 nitrogen and oxygen atoms in total. The molecule has 1 aromatic rings. The summed E-state index contributed by atoms with van der Waals surface area (Å²) in [6.07, 6.45) is 2.13. The predicted molar refractivity (Wildman–Crippen MR) is 85.5 cm³/mol. The minimum atomic E-state index is -0.214. The van der Waals surface area contributed by atoms with Gasteiger partial charge in [0.15, 0.2) is 0 Å². The predicted octanol–water partition coefficient (Wildman–Crippen LogP) is 3.34. The summed E-state index contributed by atoms with van der Waals surface area (Å²) in [7, 11) is 5.95. The molecule has 4 heteroatoms. The van der Waals surface area contributed by atoms with Crippen LogP contribution in [0, 0.1) is 0 Å². The van der Waals surface area contributed by atoms with Crippen LogP contribution in [0.25, 0.3) is 0 Å². The van der Waals surface area contributed by atoms with E-state index in [1.54, 1.807) is 7.11 Å². The van der Waals surface area contributed by atoms with Crippen LogP contribution < -0.4 is 4.74 Å². The molecule has 0 N–H and O–H groups in total. The number of hydrogen-bond donors (Lipinski definition) is 0. The fourth-order valence-corrected chi connectivity index (χ4v) is 3.81. The van der Waals surface area contributed by atoms with Crippen molar-refractivity contribution in [2.75, 3.05) is 33.6 Å². The second kappa shape index (κ2) is 6.83. The highest BCUT2D eigenvalue weighted by Gasteiger charge is 2.38. The standard InChI is InChI=1S/C16H25NO2S/c1-13(17(2)3)12-16(19-10-5-11-20-16)14-6-8-15(18-4)9-7-14/h6-9,13H,5,10-12H2,1-4H3. The van der Waals surface area contributed by atoms with E-state index in [1.165, 1.54) is 5.56 Å². The van der Waals surface area contributed by atoms with Gasteiger partial charge in [0.2, 0.25) is 0 Å². The van der Waals surface area contributed by atoms with Crippen molar-refractivity contribution in [3.63, 3.8) is 0 Å². The summed E-state index contributed by atoms with van der Waals surface area (Å²) in [6, 6.07) is 8.80. The highest BCUT2D eigenvalue weighted by atomic mass is 32.2. The van der Waals surface area contributed by atoms with Gasteiger partial charge in [-0.25, -0.2) is 0 Å². The number of methoxy groups -OCH3 is 1. The van der Waals surface area contributed by atoms with Crippen LogP contribution in [0.3, 0.4) is 0 Å². The Labute approximate surface area is 126 Å². The van der Waals surface area contributed by atoms with Gasteiger partial charge in [-0.1, -0.05) is 12.1 Å². The van der Waals surface area contributed by atoms with Crippen LogP contribution in [0.4, 0.5) is 0 Å². The number of thioether (sulfide) groups is 1. The molecule has 2 atom stereocenters. The molecule has 1 saturated heterocycles. The highest BCUT2D eigenvalue weighted by molar-refractivity contribution is 8.00. The van der Waals surface area contributed by atoms with Crippen LogP contribution in [-0.4, -0.2) is 44.5 Å². The van der Waals surface area contributed by atoms with Crippen molar-refractivity contribution in [2.24, 2.45) is 0 Å². The van der Waals surface area contributed by atoms with Crippen molar-refractivity contribution in [3.05, 3.63) is 29.8 Å². The van der Waals surface area contributed by atoms with E-state index in [0.717, 1.165) is 31.0 Å². The van der Waals surface area contributed by atoms with Gasteiger partial charge in [-0.15, -0.1) is 11.8 Å². The summed E-state index contributed by atoms with van der Waals surface area (Å²) in [6.45, 7) is 3.10. The molecule has 112 valence electrons. The van der Waals surface area contributed by atoms with Crippen LogP contribution in [0.5, 0.6) is 5.75 Å². The number of rotatable bonds is 5. The summed E-state index contributed by atoms with van der Waals surface area (Å²) in [4.78, 5) is 2.04. The van der Waals surface area contributed by atoms with Crippen molar-refractivity contribution in [1.29, 1.82) is 0 Å². The third-order valence-electron chi connectivity index (χ3n) is 3.93. The van der Waals surface area contributed by atoms with Crippen molar-refractivity contribution >= 4 is 11.8 Å². The summed E-state index contributed by atoms with van der Waals surface area (Å²) in [5, 5.41) is 0. The Balaban J connectivity index is 2.25. The van der Waals surface area contributed by atoms with E-state index in [1.807, 2.05) is 23.9 Å². The van der Waals surface area contributed by atoms with E-state index in [-0.39, 0.29) is 4.93 Å². The number of nitrogens with zero attached hydrogens (tertiary/aromatic N) is 1. The zero-order valence-corrected chi connectivity index (χ0v) is 13.7. The zero-order valence-electron chi connectivity index (χ0n) is 12.9. The quantitative estimate of drug-likeness (QED) is 0.830. The van der Waals surface area contributed by atoms with Crippen molar-refractivity contribution in [1.82, 2.24) is 4.90 Å². The maximum Gasteiger partial charge on any atom is 0.140 e. The van der Waals surface area contributed by atoms with Crippen molar-refractivity contribution < 1.29 is 9.47 Å². The van der Waals surface area contributed by atoms with E-state index in [4.69, 9.17) is 9.47 Å². The average Bonchev–Trinajstić information content (AvgIpc) is 2.48. The molecule has 1 aliphatic heterocycles. The Morgan fingerprint density at radius 1 is 1.35 bits per heavy atom. The first kappa shape index (κ1) is 15.7. The SMILES string of the molecule is COc1ccc(C2(CC(C)N(C)C)OCCCS2)cc1. The number of benzene rings is 1. The fraction of sp³-hybridized carbons (Fsp3) is 0.625. The van der Waals surface area contributed by atoms with Gasteiger partial charge in [-0.2, -0.15) is 0 Å². The third-order valence-corrected chi connectivity index (χ3v) is 5.41. The van der Waals surface area contributed by atoms with Gasteiger partial charge in [-0.3, -0.25) is 0 Å². The molecule has 0 aliphatic carbocycles. The van der Waals surface area contributed by atoms with Gasteiger partial charge in [0.05, 0.1) is 7.11 Å². The number of hydrogen-bond acceptors (Lipinski definition) is 4. The van der Waals surface area contributed by atoms with E-state index >= 15 is 0 Å². The molecule has 0 bridgehead atoms. The van der Waals surface area contributed by atoms with Gasteiger partial charge in [0, 0.05) is 19.1 Å². The Morgan fingerprint density at radius 2 is 2.05 bits per heavy atom. The molecule has 1 fully saturated rings. The molecule has 1 aliphatic rings. The first-order valence-corrected chi connectivity index (χ1v) is 8.15. The Bertz CT molecular complexity index is 413. The summed E-state index contributed by atoms with van der Waals surface area (Å²) in [5.74, 6) is 2.05. The minimum Gasteiger partial charge on any atom is -0.497 e. The molecule has 2 rings (SSSR count). The van der Waals surface area contributed by atoms with E-state index in [0.29, 0.717) is 6.04 Å². The Morgan fingerprint density at radius 3 is 2.55 bits per heavy atom. The van der Waals surface area contributed by atoms with Crippen LogP contribution in [0.1, 0.15) is 25.3 Å². The van der Waals surface area contributed by atoms with Crippen LogP contribution in [0.2, 0.25) is 0 Å².